The van der Waals surface area contributed by atoms with Gasteiger partial charge in [0.25, 0.3) is 0 Å². The molecule has 0 bridgehead atoms. The number of hydrogen-bond acceptors (Lipinski definition) is 2. The molecule has 2 aromatic rings. The molecular formula is C14H11BrF2N2O. The van der Waals surface area contributed by atoms with Crippen molar-refractivity contribution in [1.29, 1.82) is 5.41 Å². The first-order valence-electron chi connectivity index (χ1n) is 5.68. The van der Waals surface area contributed by atoms with Gasteiger partial charge in [-0.2, -0.15) is 0 Å². The van der Waals surface area contributed by atoms with Crippen LogP contribution in [0, 0.1) is 17.0 Å². The van der Waals surface area contributed by atoms with E-state index in [1.807, 2.05) is 0 Å². The Bertz CT molecular complexity index is 641. The van der Waals surface area contributed by atoms with E-state index in [0.29, 0.717) is 4.47 Å². The second-order valence-electron chi connectivity index (χ2n) is 4.09. The zero-order valence-corrected chi connectivity index (χ0v) is 11.9. The van der Waals surface area contributed by atoms with Crippen LogP contribution in [0.2, 0.25) is 0 Å². The van der Waals surface area contributed by atoms with Crippen molar-refractivity contribution in [2.24, 2.45) is 5.73 Å². The number of ether oxygens (including phenoxy) is 1. The number of benzene rings is 2. The lowest BCUT2D eigenvalue weighted by Crippen LogP contribution is -2.14. The van der Waals surface area contributed by atoms with Gasteiger partial charge in [0.15, 0.2) is 0 Å². The van der Waals surface area contributed by atoms with Crippen molar-refractivity contribution in [1.82, 2.24) is 0 Å². The maximum Gasteiger partial charge on any atom is 0.140 e. The molecule has 0 aliphatic rings. The molecule has 3 nitrogen and oxygen atoms in total. The van der Waals surface area contributed by atoms with Gasteiger partial charge < -0.3 is 10.5 Å². The minimum absolute atomic E-state index is 0.0199. The second kappa shape index (κ2) is 6.00. The van der Waals surface area contributed by atoms with Crippen molar-refractivity contribution in [3.63, 3.8) is 0 Å². The molecule has 0 heterocycles. The maximum atomic E-state index is 14.0. The van der Waals surface area contributed by atoms with Crippen LogP contribution in [-0.4, -0.2) is 5.84 Å². The maximum absolute atomic E-state index is 14.0. The molecule has 0 amide bonds. The molecule has 0 radical (unpaired) electrons. The fourth-order valence-corrected chi connectivity index (χ4v) is 2.12. The minimum Gasteiger partial charge on any atom is -0.489 e. The van der Waals surface area contributed by atoms with E-state index in [1.165, 1.54) is 24.3 Å². The number of nitrogen functional groups attached to an aromatic ring is 1. The van der Waals surface area contributed by atoms with Crippen molar-refractivity contribution in [3.05, 3.63) is 63.6 Å². The largest absolute Gasteiger partial charge is 0.489 e. The topological polar surface area (TPSA) is 59.1 Å². The van der Waals surface area contributed by atoms with Gasteiger partial charge in [-0.15, -0.1) is 0 Å². The summed E-state index contributed by atoms with van der Waals surface area (Å²) in [6, 6.07) is 8.60. The average Bonchev–Trinajstić information content (AvgIpc) is 2.36. The third kappa shape index (κ3) is 3.33. The van der Waals surface area contributed by atoms with Crippen LogP contribution in [0.1, 0.15) is 11.1 Å². The van der Waals surface area contributed by atoms with Gasteiger partial charge in [0, 0.05) is 16.1 Å². The molecule has 0 atom stereocenters. The molecular weight excluding hydrogens is 330 g/mol. The molecule has 0 aromatic heterocycles. The molecule has 20 heavy (non-hydrogen) atoms. The van der Waals surface area contributed by atoms with Crippen molar-refractivity contribution >= 4 is 21.8 Å². The summed E-state index contributed by atoms with van der Waals surface area (Å²) in [5.74, 6) is -1.12. The summed E-state index contributed by atoms with van der Waals surface area (Å²) in [7, 11) is 0. The lowest BCUT2D eigenvalue weighted by molar-refractivity contribution is 0.298. The van der Waals surface area contributed by atoms with Crippen LogP contribution in [-0.2, 0) is 6.61 Å². The van der Waals surface area contributed by atoms with Crippen LogP contribution in [0.3, 0.4) is 0 Å². The van der Waals surface area contributed by atoms with Crippen LogP contribution >= 0.6 is 15.9 Å². The van der Waals surface area contributed by atoms with E-state index in [0.717, 1.165) is 0 Å². The number of halogens is 3. The average molecular weight is 341 g/mol. The lowest BCUT2D eigenvalue weighted by atomic mass is 10.1. The number of amidine groups is 1. The normalized spacial score (nSPS) is 10.3. The Hall–Kier alpha value is -1.95. The fraction of sp³-hybridized carbons (Fsp3) is 0.0714. The standard InChI is InChI=1S/C14H11BrF2N2O/c15-9-4-10(16)6-11(5-9)20-7-8-2-1-3-12(13(8)17)14(18)19/h1-6H,7H2,(H3,18,19). The van der Waals surface area contributed by atoms with Crippen LogP contribution in [0.5, 0.6) is 5.75 Å². The summed E-state index contributed by atoms with van der Waals surface area (Å²) in [4.78, 5) is 0. The van der Waals surface area contributed by atoms with Gasteiger partial charge in [-0.3, -0.25) is 5.41 Å². The predicted octanol–water partition coefficient (Wildman–Crippen LogP) is 3.59. The molecule has 0 saturated heterocycles. The van der Waals surface area contributed by atoms with Crippen LogP contribution in [0.4, 0.5) is 8.78 Å². The number of nitrogens with two attached hydrogens (primary N) is 1. The molecule has 0 aliphatic heterocycles. The van der Waals surface area contributed by atoms with E-state index in [9.17, 15) is 8.78 Å². The quantitative estimate of drug-likeness (QED) is 0.660. The van der Waals surface area contributed by atoms with Gasteiger partial charge in [-0.25, -0.2) is 8.78 Å². The number of nitrogens with one attached hydrogen (secondary N) is 1. The third-order valence-corrected chi connectivity index (χ3v) is 3.06. The zero-order valence-electron chi connectivity index (χ0n) is 10.3. The van der Waals surface area contributed by atoms with E-state index in [1.54, 1.807) is 12.1 Å². The fourth-order valence-electron chi connectivity index (χ4n) is 1.67. The smallest absolute Gasteiger partial charge is 0.140 e. The molecule has 3 N–H and O–H groups in total. The van der Waals surface area contributed by atoms with E-state index in [2.05, 4.69) is 15.9 Å². The van der Waals surface area contributed by atoms with Crippen LogP contribution in [0.15, 0.2) is 40.9 Å². The highest BCUT2D eigenvalue weighted by atomic mass is 79.9. The van der Waals surface area contributed by atoms with Crippen molar-refractivity contribution in [3.8, 4) is 5.75 Å². The monoisotopic (exact) mass is 340 g/mol. The molecule has 0 saturated carbocycles. The Labute approximate surface area is 123 Å². The Morgan fingerprint density at radius 2 is 2.00 bits per heavy atom. The summed E-state index contributed by atoms with van der Waals surface area (Å²) in [5, 5.41) is 7.27. The molecule has 6 heteroatoms. The van der Waals surface area contributed by atoms with Gasteiger partial charge in [0.2, 0.25) is 0 Å². The minimum atomic E-state index is -0.601. The first-order chi connectivity index (χ1) is 9.47. The summed E-state index contributed by atoms with van der Waals surface area (Å²) >= 11 is 3.15. The van der Waals surface area contributed by atoms with Crippen molar-refractivity contribution in [2.75, 3.05) is 0 Å². The van der Waals surface area contributed by atoms with E-state index in [4.69, 9.17) is 15.9 Å². The SMILES string of the molecule is N=C(N)c1cccc(COc2cc(F)cc(Br)c2)c1F. The summed E-state index contributed by atoms with van der Waals surface area (Å²) in [6.45, 7) is -0.0805. The highest BCUT2D eigenvalue weighted by molar-refractivity contribution is 9.10. The highest BCUT2D eigenvalue weighted by Gasteiger charge is 2.11. The van der Waals surface area contributed by atoms with E-state index >= 15 is 0 Å². The first-order valence-corrected chi connectivity index (χ1v) is 6.47. The van der Waals surface area contributed by atoms with Crippen LogP contribution in [0.25, 0.3) is 0 Å². The van der Waals surface area contributed by atoms with Gasteiger partial charge in [0.1, 0.15) is 29.8 Å². The van der Waals surface area contributed by atoms with Crippen molar-refractivity contribution in [2.45, 2.75) is 6.61 Å². The van der Waals surface area contributed by atoms with Gasteiger partial charge in [-0.05, 0) is 18.2 Å². The van der Waals surface area contributed by atoms with Gasteiger partial charge in [0.05, 0.1) is 5.56 Å². The zero-order chi connectivity index (χ0) is 14.7. The molecule has 0 spiro atoms. The molecule has 0 fully saturated rings. The number of rotatable bonds is 4. The molecule has 2 rings (SSSR count). The molecule has 2 aromatic carbocycles. The summed E-state index contributed by atoms with van der Waals surface area (Å²) in [5.41, 5.74) is 5.55. The predicted molar refractivity (Wildman–Crippen MR) is 75.8 cm³/mol. The van der Waals surface area contributed by atoms with Gasteiger partial charge in [-0.1, -0.05) is 28.1 Å². The lowest BCUT2D eigenvalue weighted by Gasteiger charge is -2.10. The Morgan fingerprint density at radius 1 is 1.25 bits per heavy atom. The Morgan fingerprint density at radius 3 is 2.65 bits per heavy atom. The molecule has 0 unspecified atom stereocenters. The van der Waals surface area contributed by atoms with Crippen molar-refractivity contribution < 1.29 is 13.5 Å². The van der Waals surface area contributed by atoms with E-state index in [-0.39, 0.29) is 29.3 Å². The van der Waals surface area contributed by atoms with Crippen LogP contribution < -0.4 is 10.5 Å². The van der Waals surface area contributed by atoms with Gasteiger partial charge >= 0.3 is 0 Å². The number of hydrogen-bond donors (Lipinski definition) is 2. The Balaban J connectivity index is 2.19. The second-order valence-corrected chi connectivity index (χ2v) is 5.00. The summed E-state index contributed by atoms with van der Waals surface area (Å²) in [6.07, 6.45) is 0. The molecule has 0 aliphatic carbocycles. The Kier molecular flexibility index (Phi) is 4.34. The highest BCUT2D eigenvalue weighted by Crippen LogP contribution is 2.22. The summed E-state index contributed by atoms with van der Waals surface area (Å²) < 4.78 is 33.1. The first kappa shape index (κ1) is 14.5. The van der Waals surface area contributed by atoms with E-state index < -0.39 is 11.6 Å². The molecule has 104 valence electrons. The third-order valence-electron chi connectivity index (χ3n) is 2.60.